The van der Waals surface area contributed by atoms with Crippen molar-refractivity contribution in [3.63, 3.8) is 0 Å². The third-order valence-electron chi connectivity index (χ3n) is 1.95. The zero-order valence-corrected chi connectivity index (χ0v) is 9.00. The Bertz CT molecular complexity index is 323. The van der Waals surface area contributed by atoms with Gasteiger partial charge >= 0.3 is 0 Å². The van der Waals surface area contributed by atoms with Crippen LogP contribution in [-0.2, 0) is 0 Å². The first-order chi connectivity index (χ1) is 6.59. The Morgan fingerprint density at radius 3 is 2.79 bits per heavy atom. The molecule has 3 heteroatoms. The van der Waals surface area contributed by atoms with E-state index in [9.17, 15) is 4.79 Å². The maximum atomic E-state index is 11.6. The van der Waals surface area contributed by atoms with Crippen LogP contribution in [0.2, 0.25) is 0 Å². The van der Waals surface area contributed by atoms with Gasteiger partial charge in [-0.1, -0.05) is 37.5 Å². The number of nitrogens with one attached hydrogen (secondary N) is 1. The third kappa shape index (κ3) is 3.25. The molecule has 14 heavy (non-hydrogen) atoms. The highest BCUT2D eigenvalue weighted by Gasteiger charge is 2.04. The molecule has 0 heterocycles. The zero-order valence-electron chi connectivity index (χ0n) is 9.00. The Labute approximate surface area is 86.1 Å². The molecule has 0 aliphatic rings. The van der Waals surface area contributed by atoms with E-state index >= 15 is 0 Å². The summed E-state index contributed by atoms with van der Waals surface area (Å²) in [6, 6.07) is 7.62. The van der Waals surface area contributed by atoms with Gasteiger partial charge in [0.2, 0.25) is 0 Å². The van der Waals surface area contributed by atoms with Crippen LogP contribution in [0.15, 0.2) is 24.3 Å². The van der Waals surface area contributed by atoms with Crippen LogP contribution >= 0.6 is 0 Å². The summed E-state index contributed by atoms with van der Waals surface area (Å²) in [5.74, 6) is 0.506. The monoisotopic (exact) mass is 189 g/mol. The van der Waals surface area contributed by atoms with Gasteiger partial charge in [0.25, 0.3) is 5.91 Å². The summed E-state index contributed by atoms with van der Waals surface area (Å²) in [6.07, 6.45) is 0. The molecule has 1 amide bonds. The molecule has 0 saturated heterocycles. The van der Waals surface area contributed by atoms with Crippen LogP contribution in [0, 0.1) is 5.92 Å². The lowest BCUT2D eigenvalue weighted by molar-refractivity contribution is 0.0949. The van der Waals surface area contributed by atoms with E-state index in [1.54, 1.807) is 0 Å². The van der Waals surface area contributed by atoms with Crippen LogP contribution in [0.25, 0.3) is 0 Å². The van der Waals surface area contributed by atoms with E-state index < -0.39 is 0 Å². The van der Waals surface area contributed by atoms with Crippen LogP contribution in [0.3, 0.4) is 0 Å². The smallest absolute Gasteiger partial charge is 0.251 e. The molecule has 0 atom stereocenters. The molecule has 0 bridgehead atoms. The molecule has 1 rings (SSSR count). The average molecular weight is 189 g/mol. The van der Waals surface area contributed by atoms with E-state index in [4.69, 9.17) is 0 Å². The molecule has 0 aliphatic heterocycles. The number of hydrogen-bond acceptors (Lipinski definition) is 1. The fourth-order valence-electron chi connectivity index (χ4n) is 1.19. The number of hydrogen-bond donors (Lipinski definition) is 1. The fourth-order valence-corrected chi connectivity index (χ4v) is 1.19. The van der Waals surface area contributed by atoms with Crippen molar-refractivity contribution in [2.45, 2.75) is 13.8 Å². The van der Waals surface area contributed by atoms with Gasteiger partial charge in [0.15, 0.2) is 0 Å². The van der Waals surface area contributed by atoms with Crippen molar-refractivity contribution in [3.05, 3.63) is 29.8 Å². The van der Waals surface area contributed by atoms with Crippen molar-refractivity contribution in [2.24, 2.45) is 5.92 Å². The summed E-state index contributed by atoms with van der Waals surface area (Å²) in [4.78, 5) is 11.6. The van der Waals surface area contributed by atoms with E-state index in [2.05, 4.69) is 19.2 Å². The summed E-state index contributed by atoms with van der Waals surface area (Å²) >= 11 is 0. The van der Waals surface area contributed by atoms with Crippen molar-refractivity contribution in [3.8, 4) is 0 Å². The van der Waals surface area contributed by atoms with E-state index in [1.165, 1.54) is 0 Å². The SMILES string of the molecule is Bc1cccc(C(=O)NCC(C)C)c1. The number of carbonyl (C=O) groups excluding carboxylic acids is 1. The molecule has 0 spiro atoms. The molecule has 74 valence electrons. The summed E-state index contributed by atoms with van der Waals surface area (Å²) in [7, 11) is 1.99. The molecule has 0 aliphatic carbocycles. The molecular weight excluding hydrogens is 173 g/mol. The molecule has 2 nitrogen and oxygen atoms in total. The number of amides is 1. The molecule has 0 radical (unpaired) electrons. The molecule has 0 aromatic heterocycles. The van der Waals surface area contributed by atoms with Crippen LogP contribution in [0.5, 0.6) is 0 Å². The minimum atomic E-state index is 0.0161. The van der Waals surface area contributed by atoms with Crippen molar-refractivity contribution >= 4 is 19.2 Å². The Morgan fingerprint density at radius 1 is 1.50 bits per heavy atom. The van der Waals surface area contributed by atoms with Gasteiger partial charge in [-0.15, -0.1) is 0 Å². The molecule has 0 fully saturated rings. The zero-order chi connectivity index (χ0) is 10.6. The standard InChI is InChI=1S/C11H16BNO/c1-8(2)7-13-11(14)9-4-3-5-10(12)6-9/h3-6,8H,7,12H2,1-2H3,(H,13,14). The topological polar surface area (TPSA) is 29.1 Å². The van der Waals surface area contributed by atoms with Gasteiger partial charge < -0.3 is 5.32 Å². The van der Waals surface area contributed by atoms with Crippen LogP contribution in [0.1, 0.15) is 24.2 Å². The second kappa shape index (κ2) is 4.84. The van der Waals surface area contributed by atoms with Crippen molar-refractivity contribution < 1.29 is 4.79 Å². The lowest BCUT2D eigenvalue weighted by Gasteiger charge is -2.07. The average Bonchev–Trinajstić information content (AvgIpc) is 2.14. The summed E-state index contributed by atoms with van der Waals surface area (Å²) in [5, 5.41) is 2.89. The summed E-state index contributed by atoms with van der Waals surface area (Å²) < 4.78 is 0. The van der Waals surface area contributed by atoms with E-state index in [-0.39, 0.29) is 5.91 Å². The normalized spacial score (nSPS) is 10.2. The molecular formula is C11H16BNO. The van der Waals surface area contributed by atoms with Crippen molar-refractivity contribution in [1.29, 1.82) is 0 Å². The van der Waals surface area contributed by atoms with Gasteiger partial charge in [-0.2, -0.15) is 0 Å². The van der Waals surface area contributed by atoms with Gasteiger partial charge in [0.1, 0.15) is 7.85 Å². The first-order valence-corrected chi connectivity index (χ1v) is 4.94. The molecule has 1 aromatic rings. The summed E-state index contributed by atoms with van der Waals surface area (Å²) in [6.45, 7) is 4.89. The molecule has 1 aromatic carbocycles. The highest BCUT2D eigenvalue weighted by atomic mass is 16.1. The van der Waals surface area contributed by atoms with Crippen LogP contribution in [0.4, 0.5) is 0 Å². The Hall–Kier alpha value is -1.25. The predicted octanol–water partition coefficient (Wildman–Crippen LogP) is 0.331. The van der Waals surface area contributed by atoms with Gasteiger partial charge in [-0.25, -0.2) is 0 Å². The lowest BCUT2D eigenvalue weighted by Crippen LogP contribution is -2.27. The van der Waals surface area contributed by atoms with Crippen molar-refractivity contribution in [1.82, 2.24) is 5.32 Å². The van der Waals surface area contributed by atoms with Gasteiger partial charge in [0, 0.05) is 12.1 Å². The minimum Gasteiger partial charge on any atom is -0.352 e. The maximum Gasteiger partial charge on any atom is 0.251 e. The van der Waals surface area contributed by atoms with Gasteiger partial charge in [0.05, 0.1) is 0 Å². The number of carbonyl (C=O) groups is 1. The van der Waals surface area contributed by atoms with E-state index in [0.717, 1.165) is 17.6 Å². The second-order valence-electron chi connectivity index (χ2n) is 3.97. The highest BCUT2D eigenvalue weighted by Crippen LogP contribution is 1.96. The van der Waals surface area contributed by atoms with E-state index in [0.29, 0.717) is 5.92 Å². The third-order valence-corrected chi connectivity index (χ3v) is 1.95. The Morgan fingerprint density at radius 2 is 2.21 bits per heavy atom. The van der Waals surface area contributed by atoms with Gasteiger partial charge in [-0.3, -0.25) is 4.79 Å². The number of benzene rings is 1. The Kier molecular flexibility index (Phi) is 3.75. The van der Waals surface area contributed by atoms with Crippen molar-refractivity contribution in [2.75, 3.05) is 6.54 Å². The maximum absolute atomic E-state index is 11.6. The molecule has 0 saturated carbocycles. The first-order valence-electron chi connectivity index (χ1n) is 4.94. The summed E-state index contributed by atoms with van der Waals surface area (Å²) in [5.41, 5.74) is 1.85. The lowest BCUT2D eigenvalue weighted by atomic mass is 9.94. The fraction of sp³-hybridized carbons (Fsp3) is 0.364. The van der Waals surface area contributed by atoms with Gasteiger partial charge in [-0.05, 0) is 12.0 Å². The van der Waals surface area contributed by atoms with Crippen LogP contribution < -0.4 is 10.8 Å². The molecule has 0 unspecified atom stereocenters. The Balaban J connectivity index is 2.61. The second-order valence-corrected chi connectivity index (χ2v) is 3.97. The predicted molar refractivity (Wildman–Crippen MR) is 61.8 cm³/mol. The highest BCUT2D eigenvalue weighted by molar-refractivity contribution is 6.32. The number of rotatable bonds is 3. The largest absolute Gasteiger partial charge is 0.352 e. The first kappa shape index (κ1) is 10.8. The van der Waals surface area contributed by atoms with Crippen LogP contribution in [-0.4, -0.2) is 20.3 Å². The van der Waals surface area contributed by atoms with E-state index in [1.807, 2.05) is 32.1 Å². The minimum absolute atomic E-state index is 0.0161. The quantitative estimate of drug-likeness (QED) is 0.682. The molecule has 1 N–H and O–H groups in total.